The molecule has 0 bridgehead atoms. The molecule has 0 amide bonds. The molecule has 0 N–H and O–H groups in total. The maximum absolute atomic E-state index is 11.9. The second kappa shape index (κ2) is 4.88. The maximum Gasteiger partial charge on any atom is 0.287 e. The van der Waals surface area contributed by atoms with Crippen LogP contribution in [0.25, 0.3) is 10.3 Å². The number of fused-ring (bicyclic) bond motifs is 1. The molecule has 0 aliphatic heterocycles. The Bertz CT molecular complexity index is 781. The number of hydrogen-bond acceptors (Lipinski definition) is 5. The third-order valence-corrected chi connectivity index (χ3v) is 4.15. The topological polar surface area (TPSA) is 60.7 Å². The van der Waals surface area contributed by atoms with Crippen molar-refractivity contribution in [2.45, 2.75) is 6.54 Å². The largest absolute Gasteiger partial charge is 0.287 e. The zero-order valence-corrected chi connectivity index (χ0v) is 11.7. The predicted molar refractivity (Wildman–Crippen MR) is 75.0 cm³/mol. The van der Waals surface area contributed by atoms with Gasteiger partial charge in [0.25, 0.3) is 5.56 Å². The average Bonchev–Trinajstić information content (AvgIpc) is 2.82. The highest BCUT2D eigenvalue weighted by Gasteiger charge is 2.10. The Morgan fingerprint density at radius 3 is 3.00 bits per heavy atom. The van der Waals surface area contributed by atoms with Gasteiger partial charge in [-0.3, -0.25) is 4.79 Å². The van der Waals surface area contributed by atoms with Crippen molar-refractivity contribution in [3.8, 4) is 0 Å². The second-order valence-corrected chi connectivity index (χ2v) is 5.55. The number of rotatable bonds is 2. The fraction of sp³-hybridized carbons (Fsp3) is 0.0909. The molecule has 3 aromatic heterocycles. The van der Waals surface area contributed by atoms with E-state index in [1.165, 1.54) is 22.2 Å². The molecule has 3 heterocycles. The summed E-state index contributed by atoms with van der Waals surface area (Å²) in [6.45, 7) is 0.247. The van der Waals surface area contributed by atoms with E-state index in [1.54, 1.807) is 6.20 Å². The number of thiazole rings is 1. The van der Waals surface area contributed by atoms with Crippen LogP contribution in [0.2, 0.25) is 10.0 Å². The molecule has 0 aliphatic carbocycles. The molecule has 96 valence electrons. The fourth-order valence-corrected chi connectivity index (χ4v) is 2.72. The Balaban J connectivity index is 2.01. The Morgan fingerprint density at radius 2 is 2.21 bits per heavy atom. The first-order chi connectivity index (χ1) is 9.15. The first-order valence-corrected chi connectivity index (χ1v) is 6.84. The van der Waals surface area contributed by atoms with Gasteiger partial charge in [0.05, 0.1) is 17.8 Å². The summed E-state index contributed by atoms with van der Waals surface area (Å²) < 4.78 is 1.23. The van der Waals surface area contributed by atoms with Crippen molar-refractivity contribution in [1.29, 1.82) is 0 Å². The van der Waals surface area contributed by atoms with Crippen molar-refractivity contribution in [3.05, 3.63) is 49.9 Å². The number of nitrogens with zero attached hydrogens (tertiary/aromatic N) is 4. The molecule has 0 aliphatic rings. The lowest BCUT2D eigenvalue weighted by molar-refractivity contribution is 0.637. The van der Waals surface area contributed by atoms with Gasteiger partial charge in [-0.15, -0.1) is 0 Å². The number of pyridine rings is 1. The van der Waals surface area contributed by atoms with Crippen LogP contribution in [-0.2, 0) is 6.54 Å². The van der Waals surface area contributed by atoms with Crippen LogP contribution < -0.4 is 5.56 Å². The van der Waals surface area contributed by atoms with E-state index in [0.29, 0.717) is 0 Å². The number of aromatic nitrogens is 4. The summed E-state index contributed by atoms with van der Waals surface area (Å²) in [6.07, 6.45) is 3.05. The minimum atomic E-state index is -0.429. The lowest BCUT2D eigenvalue weighted by atomic mass is 10.4. The molecular formula is C11H6Cl2N4OS. The van der Waals surface area contributed by atoms with Crippen molar-refractivity contribution >= 4 is 44.9 Å². The van der Waals surface area contributed by atoms with Gasteiger partial charge in [0.2, 0.25) is 0 Å². The summed E-state index contributed by atoms with van der Waals surface area (Å²) in [5, 5.41) is 4.79. The third kappa shape index (κ3) is 2.34. The fourth-order valence-electron chi connectivity index (χ4n) is 1.57. The highest BCUT2D eigenvalue weighted by Crippen LogP contribution is 2.20. The van der Waals surface area contributed by atoms with E-state index < -0.39 is 5.56 Å². The van der Waals surface area contributed by atoms with Crippen LogP contribution in [0.3, 0.4) is 0 Å². The number of halogens is 2. The smallest absolute Gasteiger partial charge is 0.266 e. The van der Waals surface area contributed by atoms with Crippen molar-refractivity contribution in [2.24, 2.45) is 0 Å². The van der Waals surface area contributed by atoms with Gasteiger partial charge in [0, 0.05) is 6.20 Å². The van der Waals surface area contributed by atoms with Gasteiger partial charge in [-0.05, 0) is 12.1 Å². The number of hydrogen-bond donors (Lipinski definition) is 0. The van der Waals surface area contributed by atoms with Crippen molar-refractivity contribution in [2.75, 3.05) is 0 Å². The Hall–Kier alpha value is -1.50. The second-order valence-electron chi connectivity index (χ2n) is 3.70. The van der Waals surface area contributed by atoms with E-state index in [0.717, 1.165) is 15.4 Å². The molecule has 0 radical (unpaired) electrons. The SMILES string of the molecule is O=c1c(Cl)c(Cl)cnn1Cc1nc2cccnc2s1. The zero-order chi connectivity index (χ0) is 13.4. The normalized spacial score (nSPS) is 11.1. The summed E-state index contributed by atoms with van der Waals surface area (Å²) in [6, 6.07) is 3.68. The summed E-state index contributed by atoms with van der Waals surface area (Å²) in [7, 11) is 0. The third-order valence-electron chi connectivity index (χ3n) is 2.44. The van der Waals surface area contributed by atoms with Crippen LogP contribution in [0.1, 0.15) is 5.01 Å². The summed E-state index contributed by atoms with van der Waals surface area (Å²) in [4.78, 5) is 21.3. The molecule has 0 fully saturated rings. The van der Waals surface area contributed by atoms with Crippen LogP contribution in [0, 0.1) is 0 Å². The molecule has 3 rings (SSSR count). The van der Waals surface area contributed by atoms with Crippen molar-refractivity contribution in [3.63, 3.8) is 0 Å². The molecule has 8 heteroatoms. The van der Waals surface area contributed by atoms with Gasteiger partial charge < -0.3 is 0 Å². The van der Waals surface area contributed by atoms with Gasteiger partial charge in [0.15, 0.2) is 0 Å². The van der Waals surface area contributed by atoms with Crippen molar-refractivity contribution < 1.29 is 0 Å². The van der Waals surface area contributed by atoms with Crippen molar-refractivity contribution in [1.82, 2.24) is 19.7 Å². The summed E-state index contributed by atoms with van der Waals surface area (Å²) in [5.74, 6) is 0. The van der Waals surface area contributed by atoms with E-state index in [-0.39, 0.29) is 16.6 Å². The van der Waals surface area contributed by atoms with E-state index in [4.69, 9.17) is 23.2 Å². The molecule has 19 heavy (non-hydrogen) atoms. The van der Waals surface area contributed by atoms with Crippen LogP contribution in [0.5, 0.6) is 0 Å². The lowest BCUT2D eigenvalue weighted by Crippen LogP contribution is -2.23. The van der Waals surface area contributed by atoms with Crippen LogP contribution in [0.15, 0.2) is 29.3 Å². The van der Waals surface area contributed by atoms with E-state index >= 15 is 0 Å². The molecule has 5 nitrogen and oxygen atoms in total. The first-order valence-electron chi connectivity index (χ1n) is 5.26. The standard InChI is InChI=1S/C11H6Cl2N4OS/c12-6-4-15-17(11(18)9(6)13)5-8-16-7-2-1-3-14-10(7)19-8/h1-4H,5H2. The summed E-state index contributed by atoms with van der Waals surface area (Å²) >= 11 is 12.9. The zero-order valence-electron chi connectivity index (χ0n) is 9.38. The monoisotopic (exact) mass is 312 g/mol. The predicted octanol–water partition coefficient (Wildman–Crippen LogP) is 2.60. The van der Waals surface area contributed by atoms with Gasteiger partial charge in [-0.1, -0.05) is 34.5 Å². The van der Waals surface area contributed by atoms with Gasteiger partial charge in [0.1, 0.15) is 20.4 Å². The van der Waals surface area contributed by atoms with Crippen LogP contribution in [-0.4, -0.2) is 19.7 Å². The Labute approximate surface area is 121 Å². The van der Waals surface area contributed by atoms with Crippen LogP contribution >= 0.6 is 34.5 Å². The molecule has 0 unspecified atom stereocenters. The van der Waals surface area contributed by atoms with E-state index in [2.05, 4.69) is 15.1 Å². The Morgan fingerprint density at radius 1 is 1.37 bits per heavy atom. The van der Waals surface area contributed by atoms with Gasteiger partial charge >= 0.3 is 0 Å². The highest BCUT2D eigenvalue weighted by molar-refractivity contribution is 7.18. The molecule has 0 spiro atoms. The molecule has 3 aromatic rings. The minimum Gasteiger partial charge on any atom is -0.266 e. The quantitative estimate of drug-likeness (QED) is 0.729. The lowest BCUT2D eigenvalue weighted by Gasteiger charge is -2.02. The first kappa shape index (κ1) is 12.5. The Kier molecular flexibility index (Phi) is 3.22. The highest BCUT2D eigenvalue weighted by atomic mass is 35.5. The maximum atomic E-state index is 11.9. The van der Waals surface area contributed by atoms with E-state index in [1.807, 2.05) is 12.1 Å². The van der Waals surface area contributed by atoms with Gasteiger partial charge in [-0.2, -0.15) is 5.10 Å². The summed E-state index contributed by atoms with van der Waals surface area (Å²) in [5.41, 5.74) is 0.372. The molecular weight excluding hydrogens is 307 g/mol. The molecule has 0 atom stereocenters. The van der Waals surface area contributed by atoms with E-state index in [9.17, 15) is 4.79 Å². The van der Waals surface area contributed by atoms with Gasteiger partial charge in [-0.25, -0.2) is 14.6 Å². The van der Waals surface area contributed by atoms with Crippen LogP contribution in [0.4, 0.5) is 0 Å². The molecule has 0 aromatic carbocycles. The average molecular weight is 313 g/mol. The minimum absolute atomic E-state index is 0.0316. The molecule has 0 saturated heterocycles. The molecule has 0 saturated carbocycles.